The van der Waals surface area contributed by atoms with Crippen LogP contribution in [0.2, 0.25) is 10.0 Å². The summed E-state index contributed by atoms with van der Waals surface area (Å²) in [6.45, 7) is 1.86. The minimum absolute atomic E-state index is 0.154. The molecule has 1 fully saturated rings. The SMILES string of the molecule is COc1ccc(N2C(=O)C(Cc3cc(Cl)cc(Cl)c3)S/C2=C(/C#N)C(=O)Nc2ccccc2C)cc1. The van der Waals surface area contributed by atoms with Gasteiger partial charge in [-0.25, -0.2) is 0 Å². The summed E-state index contributed by atoms with van der Waals surface area (Å²) in [5, 5.41) is 13.4. The van der Waals surface area contributed by atoms with Gasteiger partial charge in [0.15, 0.2) is 0 Å². The summed E-state index contributed by atoms with van der Waals surface area (Å²) in [5.74, 6) is -0.230. The number of para-hydroxylation sites is 1. The number of aryl methyl sites for hydroxylation is 1. The van der Waals surface area contributed by atoms with E-state index < -0.39 is 11.2 Å². The average Bonchev–Trinajstić information content (AvgIpc) is 3.15. The third-order valence-corrected chi connectivity index (χ3v) is 7.27. The minimum atomic E-state index is -0.591. The van der Waals surface area contributed by atoms with Crippen LogP contribution in [0.15, 0.2) is 77.3 Å². The molecular formula is C27H21Cl2N3O3S. The summed E-state index contributed by atoms with van der Waals surface area (Å²) in [4.78, 5) is 28.3. The fraction of sp³-hybridized carbons (Fsp3) is 0.148. The second kappa shape index (κ2) is 11.1. The van der Waals surface area contributed by atoms with Crippen molar-refractivity contribution in [1.29, 1.82) is 5.26 Å². The monoisotopic (exact) mass is 537 g/mol. The van der Waals surface area contributed by atoms with Crippen LogP contribution in [-0.2, 0) is 16.0 Å². The molecule has 1 saturated heterocycles. The van der Waals surface area contributed by atoms with Crippen LogP contribution in [0.4, 0.5) is 11.4 Å². The quantitative estimate of drug-likeness (QED) is 0.291. The van der Waals surface area contributed by atoms with Gasteiger partial charge in [0.05, 0.1) is 12.4 Å². The molecular weight excluding hydrogens is 517 g/mol. The maximum absolute atomic E-state index is 13.6. The number of anilines is 2. The molecule has 36 heavy (non-hydrogen) atoms. The van der Waals surface area contributed by atoms with Crippen molar-refractivity contribution in [2.75, 3.05) is 17.3 Å². The lowest BCUT2D eigenvalue weighted by Gasteiger charge is -2.19. The molecule has 0 bridgehead atoms. The van der Waals surface area contributed by atoms with Crippen molar-refractivity contribution in [2.45, 2.75) is 18.6 Å². The van der Waals surface area contributed by atoms with Crippen molar-refractivity contribution >= 4 is 58.2 Å². The Morgan fingerprint density at radius 2 is 1.78 bits per heavy atom. The zero-order chi connectivity index (χ0) is 25.8. The van der Waals surface area contributed by atoms with Crippen LogP contribution in [0.3, 0.4) is 0 Å². The van der Waals surface area contributed by atoms with E-state index in [9.17, 15) is 14.9 Å². The van der Waals surface area contributed by atoms with Gasteiger partial charge in [0.1, 0.15) is 22.4 Å². The highest BCUT2D eigenvalue weighted by Crippen LogP contribution is 2.42. The summed E-state index contributed by atoms with van der Waals surface area (Å²) >= 11 is 13.5. The second-order valence-corrected chi connectivity index (χ2v) is 10.1. The van der Waals surface area contributed by atoms with Crippen LogP contribution in [0.1, 0.15) is 11.1 Å². The minimum Gasteiger partial charge on any atom is -0.497 e. The number of carbonyl (C=O) groups is 2. The molecule has 0 spiro atoms. The fourth-order valence-electron chi connectivity index (χ4n) is 3.79. The summed E-state index contributed by atoms with van der Waals surface area (Å²) < 4.78 is 5.23. The Labute approximate surface area is 223 Å². The number of nitriles is 1. The number of nitrogens with zero attached hydrogens (tertiary/aromatic N) is 2. The predicted molar refractivity (Wildman–Crippen MR) is 144 cm³/mol. The Morgan fingerprint density at radius 1 is 1.11 bits per heavy atom. The lowest BCUT2D eigenvalue weighted by atomic mass is 10.1. The number of carbonyl (C=O) groups excluding carboxylic acids is 2. The summed E-state index contributed by atoms with van der Waals surface area (Å²) in [6, 6.07) is 21.3. The van der Waals surface area contributed by atoms with Gasteiger partial charge >= 0.3 is 0 Å². The molecule has 0 radical (unpaired) electrons. The topological polar surface area (TPSA) is 82.4 Å². The van der Waals surface area contributed by atoms with Gasteiger partial charge in [-0.2, -0.15) is 5.26 Å². The van der Waals surface area contributed by atoms with Gasteiger partial charge in [-0.3, -0.25) is 14.5 Å². The molecule has 1 atom stereocenters. The number of rotatable bonds is 6. The number of halogens is 2. The van der Waals surface area contributed by atoms with Gasteiger partial charge in [0.2, 0.25) is 5.91 Å². The first-order chi connectivity index (χ1) is 17.3. The van der Waals surface area contributed by atoms with Crippen LogP contribution in [0, 0.1) is 18.3 Å². The van der Waals surface area contributed by atoms with E-state index in [0.717, 1.165) is 11.1 Å². The first kappa shape index (κ1) is 25.6. The van der Waals surface area contributed by atoms with E-state index >= 15 is 0 Å². The van der Waals surface area contributed by atoms with E-state index in [0.29, 0.717) is 33.6 Å². The van der Waals surface area contributed by atoms with E-state index in [1.54, 1.807) is 61.7 Å². The highest BCUT2D eigenvalue weighted by atomic mass is 35.5. The van der Waals surface area contributed by atoms with Crippen LogP contribution in [-0.4, -0.2) is 24.2 Å². The number of benzene rings is 3. The van der Waals surface area contributed by atoms with E-state index in [4.69, 9.17) is 27.9 Å². The molecule has 3 aromatic rings. The summed E-state index contributed by atoms with van der Waals surface area (Å²) in [5.41, 5.74) is 2.58. The van der Waals surface area contributed by atoms with Crippen molar-refractivity contribution in [2.24, 2.45) is 0 Å². The van der Waals surface area contributed by atoms with Gasteiger partial charge in [-0.15, -0.1) is 0 Å². The molecule has 9 heteroatoms. The normalized spacial score (nSPS) is 16.5. The number of hydrogen-bond acceptors (Lipinski definition) is 5. The lowest BCUT2D eigenvalue weighted by Crippen LogP contribution is -2.31. The number of nitrogens with one attached hydrogen (secondary N) is 1. The van der Waals surface area contributed by atoms with Crippen LogP contribution in [0.5, 0.6) is 5.75 Å². The summed E-state index contributed by atoms with van der Waals surface area (Å²) in [7, 11) is 1.55. The van der Waals surface area contributed by atoms with Crippen LogP contribution >= 0.6 is 35.0 Å². The number of amides is 2. The number of methoxy groups -OCH3 is 1. The van der Waals surface area contributed by atoms with Gasteiger partial charge in [0.25, 0.3) is 5.91 Å². The molecule has 6 nitrogen and oxygen atoms in total. The number of hydrogen-bond donors (Lipinski definition) is 1. The van der Waals surface area contributed by atoms with Crippen molar-refractivity contribution < 1.29 is 14.3 Å². The standard InChI is InChI=1S/C27H21Cl2N3O3S/c1-16-5-3-4-6-23(16)31-25(33)22(15-30)27-32(20-7-9-21(35-2)10-8-20)26(34)24(36-27)13-17-11-18(28)14-19(29)12-17/h3-12,14,24H,13H2,1-2H3,(H,31,33)/b27-22-. The zero-order valence-electron chi connectivity index (χ0n) is 19.4. The van der Waals surface area contributed by atoms with Gasteiger partial charge in [-0.1, -0.05) is 53.2 Å². The predicted octanol–water partition coefficient (Wildman–Crippen LogP) is 6.38. The maximum atomic E-state index is 13.6. The van der Waals surface area contributed by atoms with Gasteiger partial charge in [-0.05, 0) is 73.0 Å². The molecule has 0 aliphatic carbocycles. The molecule has 2 amide bonds. The molecule has 1 aliphatic heterocycles. The van der Waals surface area contributed by atoms with Crippen molar-refractivity contribution in [3.8, 4) is 11.8 Å². The maximum Gasteiger partial charge on any atom is 0.269 e. The molecule has 1 N–H and O–H groups in total. The van der Waals surface area contributed by atoms with Crippen LogP contribution < -0.4 is 15.0 Å². The first-order valence-electron chi connectivity index (χ1n) is 10.9. The van der Waals surface area contributed by atoms with Crippen molar-refractivity contribution in [1.82, 2.24) is 0 Å². The Balaban J connectivity index is 1.75. The van der Waals surface area contributed by atoms with Crippen LogP contribution in [0.25, 0.3) is 0 Å². The highest BCUT2D eigenvalue weighted by Gasteiger charge is 2.41. The van der Waals surface area contributed by atoms with Gasteiger partial charge in [0, 0.05) is 21.4 Å². The Kier molecular flexibility index (Phi) is 7.90. The second-order valence-electron chi connectivity index (χ2n) is 8.02. The molecule has 0 aromatic heterocycles. The molecule has 182 valence electrons. The summed E-state index contributed by atoms with van der Waals surface area (Å²) in [6.07, 6.45) is 0.318. The lowest BCUT2D eigenvalue weighted by molar-refractivity contribution is -0.117. The van der Waals surface area contributed by atoms with Crippen molar-refractivity contribution in [3.05, 3.63) is 98.5 Å². The van der Waals surface area contributed by atoms with Crippen molar-refractivity contribution in [3.63, 3.8) is 0 Å². The Morgan fingerprint density at radius 3 is 2.39 bits per heavy atom. The Bertz CT molecular complexity index is 1380. The average molecular weight is 538 g/mol. The van der Waals surface area contributed by atoms with E-state index in [2.05, 4.69) is 5.32 Å². The highest BCUT2D eigenvalue weighted by molar-refractivity contribution is 8.05. The first-order valence-corrected chi connectivity index (χ1v) is 12.5. The molecule has 1 aliphatic rings. The molecule has 0 saturated carbocycles. The molecule has 1 heterocycles. The number of ether oxygens (including phenoxy) is 1. The third kappa shape index (κ3) is 5.52. The third-order valence-electron chi connectivity index (χ3n) is 5.57. The zero-order valence-corrected chi connectivity index (χ0v) is 21.7. The smallest absolute Gasteiger partial charge is 0.269 e. The molecule has 4 rings (SSSR count). The van der Waals surface area contributed by atoms with E-state index in [-0.39, 0.29) is 16.5 Å². The van der Waals surface area contributed by atoms with E-state index in [1.807, 2.05) is 25.1 Å². The fourth-order valence-corrected chi connectivity index (χ4v) is 5.67. The van der Waals surface area contributed by atoms with E-state index in [1.165, 1.54) is 16.7 Å². The number of thioether (sulfide) groups is 1. The largest absolute Gasteiger partial charge is 0.497 e. The Hall–Kier alpha value is -3.44. The molecule has 3 aromatic carbocycles. The van der Waals surface area contributed by atoms with Gasteiger partial charge < -0.3 is 10.1 Å². The molecule has 1 unspecified atom stereocenters.